The van der Waals surface area contributed by atoms with Crippen molar-refractivity contribution in [2.75, 3.05) is 0 Å². The van der Waals surface area contributed by atoms with Crippen LogP contribution in [0.2, 0.25) is 0 Å². The summed E-state index contributed by atoms with van der Waals surface area (Å²) in [6, 6.07) is 25.5. The minimum absolute atomic E-state index is 1.27. The number of hydrogen-bond donors (Lipinski definition) is 0. The number of rotatable bonds is 1. The van der Waals surface area contributed by atoms with Gasteiger partial charge in [0.15, 0.2) is 0 Å². The fourth-order valence-electron chi connectivity index (χ4n) is 2.00. The average molecular weight is 204 g/mol. The van der Waals surface area contributed by atoms with Gasteiger partial charge in [0, 0.05) is 0 Å². The third-order valence-electron chi connectivity index (χ3n) is 2.86. The maximum Gasteiger partial charge on any atom is -0.0178 e. The lowest BCUT2D eigenvalue weighted by Crippen LogP contribution is -1.77. The first-order valence-electron chi connectivity index (χ1n) is 5.48. The Hall–Kier alpha value is -2.08. The monoisotopic (exact) mass is 204 g/mol. The summed E-state index contributed by atoms with van der Waals surface area (Å²) in [6.07, 6.45) is 0. The predicted molar refractivity (Wildman–Crippen MR) is 69.4 cm³/mol. The fourth-order valence-corrected chi connectivity index (χ4v) is 2.00. The summed E-state index contributed by atoms with van der Waals surface area (Å²) in [5.41, 5.74) is 2.55. The SMILES string of the molecule is c1ccc(-c2ccc3ccccc3c2)cc1. The molecule has 0 spiro atoms. The van der Waals surface area contributed by atoms with Crippen molar-refractivity contribution in [2.24, 2.45) is 0 Å². The van der Waals surface area contributed by atoms with Gasteiger partial charge in [-0.2, -0.15) is 0 Å². The molecule has 16 heavy (non-hydrogen) atoms. The van der Waals surface area contributed by atoms with Crippen LogP contribution in [0.3, 0.4) is 0 Å². The molecule has 0 aliphatic heterocycles. The van der Waals surface area contributed by atoms with Gasteiger partial charge in [0.25, 0.3) is 0 Å². The van der Waals surface area contributed by atoms with Gasteiger partial charge >= 0.3 is 0 Å². The summed E-state index contributed by atoms with van der Waals surface area (Å²) < 4.78 is 0. The van der Waals surface area contributed by atoms with Crippen molar-refractivity contribution in [3.05, 3.63) is 72.8 Å². The average Bonchev–Trinajstić information content (AvgIpc) is 2.39. The first-order valence-corrected chi connectivity index (χ1v) is 5.48. The van der Waals surface area contributed by atoms with Crippen molar-refractivity contribution in [3.8, 4) is 11.1 Å². The Bertz CT molecular complexity index is 609. The molecule has 0 nitrogen and oxygen atoms in total. The Kier molecular flexibility index (Phi) is 2.19. The largest absolute Gasteiger partial charge is 0.0622 e. The van der Waals surface area contributed by atoms with E-state index < -0.39 is 0 Å². The van der Waals surface area contributed by atoms with E-state index in [0.29, 0.717) is 0 Å². The third-order valence-corrected chi connectivity index (χ3v) is 2.86. The van der Waals surface area contributed by atoms with E-state index in [9.17, 15) is 0 Å². The Morgan fingerprint density at radius 2 is 1.12 bits per heavy atom. The van der Waals surface area contributed by atoms with Gasteiger partial charge in [0.2, 0.25) is 0 Å². The van der Waals surface area contributed by atoms with Gasteiger partial charge in [0.1, 0.15) is 0 Å². The molecule has 0 heteroatoms. The molecule has 0 amide bonds. The molecule has 0 fully saturated rings. The van der Waals surface area contributed by atoms with Crippen LogP contribution in [0.4, 0.5) is 0 Å². The molecule has 0 aromatic heterocycles. The van der Waals surface area contributed by atoms with Crippen LogP contribution in [-0.2, 0) is 0 Å². The highest BCUT2D eigenvalue weighted by atomic mass is 14.0. The smallest absolute Gasteiger partial charge is 0.0178 e. The van der Waals surface area contributed by atoms with Gasteiger partial charge in [-0.15, -0.1) is 0 Å². The molecule has 3 rings (SSSR count). The van der Waals surface area contributed by atoms with Crippen LogP contribution in [0.5, 0.6) is 0 Å². The van der Waals surface area contributed by atoms with Crippen molar-refractivity contribution in [1.29, 1.82) is 0 Å². The minimum atomic E-state index is 1.27. The molecule has 0 aliphatic rings. The van der Waals surface area contributed by atoms with Crippen LogP contribution in [0.15, 0.2) is 72.8 Å². The molecule has 0 unspecified atom stereocenters. The Morgan fingerprint density at radius 1 is 0.438 bits per heavy atom. The van der Waals surface area contributed by atoms with Crippen molar-refractivity contribution in [1.82, 2.24) is 0 Å². The molecule has 3 aromatic carbocycles. The van der Waals surface area contributed by atoms with Gasteiger partial charge in [-0.05, 0) is 28.0 Å². The Labute approximate surface area is 95.2 Å². The van der Waals surface area contributed by atoms with E-state index in [1.165, 1.54) is 21.9 Å². The quantitative estimate of drug-likeness (QED) is 0.547. The zero-order valence-corrected chi connectivity index (χ0v) is 8.93. The fraction of sp³-hybridized carbons (Fsp3) is 0. The normalized spacial score (nSPS) is 10.5. The summed E-state index contributed by atoms with van der Waals surface area (Å²) in [7, 11) is 0. The lowest BCUT2D eigenvalue weighted by molar-refractivity contribution is 1.64. The molecule has 0 radical (unpaired) electrons. The van der Waals surface area contributed by atoms with E-state index in [0.717, 1.165) is 0 Å². The third kappa shape index (κ3) is 1.59. The number of fused-ring (bicyclic) bond motifs is 1. The van der Waals surface area contributed by atoms with E-state index in [-0.39, 0.29) is 0 Å². The van der Waals surface area contributed by atoms with Crippen molar-refractivity contribution < 1.29 is 0 Å². The van der Waals surface area contributed by atoms with Gasteiger partial charge in [0.05, 0.1) is 0 Å². The first kappa shape index (κ1) is 9.17. The van der Waals surface area contributed by atoms with Gasteiger partial charge in [-0.3, -0.25) is 0 Å². The lowest BCUT2D eigenvalue weighted by Gasteiger charge is -2.03. The molecule has 0 N–H and O–H groups in total. The lowest BCUT2D eigenvalue weighted by atomic mass is 10.0. The first-order chi connectivity index (χ1) is 7.93. The topological polar surface area (TPSA) is 0 Å². The van der Waals surface area contributed by atoms with Crippen molar-refractivity contribution in [3.63, 3.8) is 0 Å². The molecular weight excluding hydrogens is 192 g/mol. The molecular formula is C16H12. The maximum atomic E-state index is 2.24. The standard InChI is InChI=1S/C16H12/c1-2-6-13(7-3-1)16-11-10-14-8-4-5-9-15(14)12-16/h1-12H. The minimum Gasteiger partial charge on any atom is -0.0622 e. The van der Waals surface area contributed by atoms with E-state index in [1.807, 2.05) is 6.07 Å². The molecule has 0 bridgehead atoms. The van der Waals surface area contributed by atoms with Gasteiger partial charge in [-0.25, -0.2) is 0 Å². The molecule has 76 valence electrons. The van der Waals surface area contributed by atoms with Gasteiger partial charge in [-0.1, -0.05) is 66.7 Å². The molecule has 0 aliphatic carbocycles. The summed E-state index contributed by atoms with van der Waals surface area (Å²) in [5.74, 6) is 0. The Morgan fingerprint density at radius 3 is 1.94 bits per heavy atom. The van der Waals surface area contributed by atoms with Gasteiger partial charge < -0.3 is 0 Å². The molecule has 0 saturated heterocycles. The molecule has 0 heterocycles. The highest BCUT2D eigenvalue weighted by Crippen LogP contribution is 2.23. The van der Waals surface area contributed by atoms with Crippen molar-refractivity contribution >= 4 is 10.8 Å². The number of benzene rings is 3. The van der Waals surface area contributed by atoms with Crippen LogP contribution in [-0.4, -0.2) is 0 Å². The summed E-state index contributed by atoms with van der Waals surface area (Å²) in [4.78, 5) is 0. The van der Waals surface area contributed by atoms with E-state index in [2.05, 4.69) is 66.7 Å². The maximum absolute atomic E-state index is 2.24. The second kappa shape index (κ2) is 3.82. The van der Waals surface area contributed by atoms with Crippen molar-refractivity contribution in [2.45, 2.75) is 0 Å². The van der Waals surface area contributed by atoms with E-state index in [4.69, 9.17) is 0 Å². The second-order valence-corrected chi connectivity index (χ2v) is 3.93. The van der Waals surface area contributed by atoms with Crippen LogP contribution < -0.4 is 0 Å². The summed E-state index contributed by atoms with van der Waals surface area (Å²) in [6.45, 7) is 0. The van der Waals surface area contributed by atoms with Crippen LogP contribution in [0.25, 0.3) is 21.9 Å². The zero-order chi connectivity index (χ0) is 10.8. The highest BCUT2D eigenvalue weighted by molar-refractivity contribution is 5.87. The number of hydrogen-bond acceptors (Lipinski definition) is 0. The zero-order valence-electron chi connectivity index (χ0n) is 8.93. The highest BCUT2D eigenvalue weighted by Gasteiger charge is 1.97. The molecule has 0 atom stereocenters. The summed E-state index contributed by atoms with van der Waals surface area (Å²) >= 11 is 0. The summed E-state index contributed by atoms with van der Waals surface area (Å²) in [5, 5.41) is 2.59. The predicted octanol–water partition coefficient (Wildman–Crippen LogP) is 4.51. The van der Waals surface area contributed by atoms with Crippen LogP contribution >= 0.6 is 0 Å². The van der Waals surface area contributed by atoms with Crippen LogP contribution in [0, 0.1) is 0 Å². The second-order valence-electron chi connectivity index (χ2n) is 3.93. The van der Waals surface area contributed by atoms with E-state index >= 15 is 0 Å². The molecule has 3 aromatic rings. The van der Waals surface area contributed by atoms with E-state index in [1.54, 1.807) is 0 Å². The Balaban J connectivity index is 2.19. The molecule has 0 saturated carbocycles. The van der Waals surface area contributed by atoms with Crippen LogP contribution in [0.1, 0.15) is 0 Å².